The second kappa shape index (κ2) is 7.59. The standard InChI is InChI=1S/C20H18N4O2S/c1-24-8-6-17-19(24)22-12-23-20(17)26-16-4-2-14(3-5-16)18(10-21-13-25)15-7-9-27-11-15/h2-9,11-13,18H,10H2,1H3,(H,21,25). The van der Waals surface area contributed by atoms with Gasteiger partial charge in [-0.1, -0.05) is 12.1 Å². The highest BCUT2D eigenvalue weighted by Crippen LogP contribution is 2.30. The summed E-state index contributed by atoms with van der Waals surface area (Å²) < 4.78 is 7.91. The van der Waals surface area contributed by atoms with Crippen molar-refractivity contribution in [3.63, 3.8) is 0 Å². The van der Waals surface area contributed by atoms with Crippen LogP contribution in [-0.2, 0) is 11.8 Å². The molecule has 3 aromatic heterocycles. The quantitative estimate of drug-likeness (QED) is 0.498. The Morgan fingerprint density at radius 2 is 2.04 bits per heavy atom. The maximum absolute atomic E-state index is 10.7. The zero-order valence-corrected chi connectivity index (χ0v) is 15.5. The predicted octanol–water partition coefficient (Wildman–Crippen LogP) is 3.70. The number of nitrogens with one attached hydrogen (secondary N) is 1. The Bertz CT molecular complexity index is 1040. The van der Waals surface area contributed by atoms with Gasteiger partial charge in [-0.25, -0.2) is 9.97 Å². The second-order valence-electron chi connectivity index (χ2n) is 6.15. The lowest BCUT2D eigenvalue weighted by molar-refractivity contribution is -0.109. The fourth-order valence-electron chi connectivity index (χ4n) is 3.08. The molecule has 0 saturated heterocycles. The first kappa shape index (κ1) is 17.2. The predicted molar refractivity (Wildman–Crippen MR) is 105 cm³/mol. The zero-order chi connectivity index (χ0) is 18.6. The molecule has 1 unspecified atom stereocenters. The third kappa shape index (κ3) is 3.54. The average Bonchev–Trinajstić information content (AvgIpc) is 3.35. The molecule has 0 radical (unpaired) electrons. The molecule has 6 nitrogen and oxygen atoms in total. The van der Waals surface area contributed by atoms with Gasteiger partial charge in [-0.15, -0.1) is 0 Å². The van der Waals surface area contributed by atoms with Gasteiger partial charge in [-0.05, 0) is 46.2 Å². The Balaban J connectivity index is 1.58. The van der Waals surface area contributed by atoms with Crippen LogP contribution in [0.2, 0.25) is 0 Å². The zero-order valence-electron chi connectivity index (χ0n) is 14.7. The normalized spacial score (nSPS) is 12.0. The molecule has 0 aliphatic carbocycles. The van der Waals surface area contributed by atoms with Gasteiger partial charge < -0.3 is 14.6 Å². The summed E-state index contributed by atoms with van der Waals surface area (Å²) in [6, 6.07) is 11.9. The molecule has 1 N–H and O–H groups in total. The van der Waals surface area contributed by atoms with Gasteiger partial charge >= 0.3 is 0 Å². The van der Waals surface area contributed by atoms with Gasteiger partial charge in [0.1, 0.15) is 17.7 Å². The number of thiophene rings is 1. The number of hydrogen-bond acceptors (Lipinski definition) is 5. The molecule has 7 heteroatoms. The molecule has 27 heavy (non-hydrogen) atoms. The highest BCUT2D eigenvalue weighted by atomic mass is 32.1. The lowest BCUT2D eigenvalue weighted by atomic mass is 9.93. The van der Waals surface area contributed by atoms with Gasteiger partial charge in [0.05, 0.1) is 5.39 Å². The van der Waals surface area contributed by atoms with E-state index in [1.54, 1.807) is 11.3 Å². The van der Waals surface area contributed by atoms with Crippen molar-refractivity contribution in [2.75, 3.05) is 6.54 Å². The van der Waals surface area contributed by atoms with Crippen molar-refractivity contribution in [2.45, 2.75) is 5.92 Å². The summed E-state index contributed by atoms with van der Waals surface area (Å²) in [7, 11) is 1.94. The van der Waals surface area contributed by atoms with E-state index in [0.717, 1.165) is 23.0 Å². The lowest BCUT2D eigenvalue weighted by Gasteiger charge is -2.16. The topological polar surface area (TPSA) is 69.0 Å². The van der Waals surface area contributed by atoms with E-state index in [2.05, 4.69) is 26.7 Å². The Morgan fingerprint density at radius 1 is 1.19 bits per heavy atom. The molecule has 0 saturated carbocycles. The number of carbonyl (C=O) groups is 1. The van der Waals surface area contributed by atoms with Crippen LogP contribution in [0.4, 0.5) is 0 Å². The number of carbonyl (C=O) groups excluding carboxylic acids is 1. The summed E-state index contributed by atoms with van der Waals surface area (Å²) in [5.41, 5.74) is 3.13. The van der Waals surface area contributed by atoms with Crippen molar-refractivity contribution in [3.8, 4) is 11.6 Å². The first-order chi connectivity index (χ1) is 13.3. The van der Waals surface area contributed by atoms with E-state index >= 15 is 0 Å². The third-order valence-corrected chi connectivity index (χ3v) is 5.17. The average molecular weight is 378 g/mol. The summed E-state index contributed by atoms with van der Waals surface area (Å²) in [5.74, 6) is 1.34. The molecular formula is C20H18N4O2S. The molecule has 0 bridgehead atoms. The number of rotatable bonds is 7. The number of nitrogens with zero attached hydrogens (tertiary/aromatic N) is 3. The summed E-state index contributed by atoms with van der Waals surface area (Å²) in [6.07, 6.45) is 4.17. The van der Waals surface area contributed by atoms with Crippen LogP contribution in [0.1, 0.15) is 17.0 Å². The van der Waals surface area contributed by atoms with E-state index in [1.165, 1.54) is 11.9 Å². The van der Waals surface area contributed by atoms with Crippen LogP contribution < -0.4 is 10.1 Å². The number of amides is 1. The Hall–Kier alpha value is -3.19. The van der Waals surface area contributed by atoms with Crippen LogP contribution in [0.25, 0.3) is 11.0 Å². The number of benzene rings is 1. The van der Waals surface area contributed by atoms with E-state index in [4.69, 9.17) is 4.74 Å². The summed E-state index contributed by atoms with van der Waals surface area (Å²) in [4.78, 5) is 19.3. The van der Waals surface area contributed by atoms with E-state index in [0.29, 0.717) is 18.2 Å². The van der Waals surface area contributed by atoms with Crippen LogP contribution in [0.15, 0.2) is 59.7 Å². The Kier molecular flexibility index (Phi) is 4.84. The molecule has 3 heterocycles. The third-order valence-electron chi connectivity index (χ3n) is 4.47. The first-order valence-electron chi connectivity index (χ1n) is 8.49. The number of aromatic nitrogens is 3. The maximum Gasteiger partial charge on any atom is 0.231 e. The monoisotopic (exact) mass is 378 g/mol. The minimum Gasteiger partial charge on any atom is -0.438 e. The van der Waals surface area contributed by atoms with Crippen molar-refractivity contribution in [1.82, 2.24) is 19.9 Å². The molecule has 136 valence electrons. The van der Waals surface area contributed by atoms with E-state index < -0.39 is 0 Å². The van der Waals surface area contributed by atoms with E-state index in [1.807, 2.05) is 53.5 Å². The SMILES string of the molecule is Cn1ccc2c(Oc3ccc(C(CNC=O)c4ccsc4)cc3)ncnc21. The molecule has 0 aliphatic heterocycles. The van der Waals surface area contributed by atoms with Crippen molar-refractivity contribution < 1.29 is 9.53 Å². The molecule has 0 aliphatic rings. The highest BCUT2D eigenvalue weighted by molar-refractivity contribution is 7.08. The number of ether oxygens (including phenoxy) is 1. The molecule has 4 aromatic rings. The number of fused-ring (bicyclic) bond motifs is 1. The largest absolute Gasteiger partial charge is 0.438 e. The van der Waals surface area contributed by atoms with Crippen molar-refractivity contribution >= 4 is 28.8 Å². The van der Waals surface area contributed by atoms with E-state index in [-0.39, 0.29) is 5.92 Å². The van der Waals surface area contributed by atoms with Crippen LogP contribution in [0, 0.1) is 0 Å². The van der Waals surface area contributed by atoms with Gasteiger partial charge in [-0.3, -0.25) is 4.79 Å². The van der Waals surface area contributed by atoms with Gasteiger partial charge in [0, 0.05) is 25.7 Å². The van der Waals surface area contributed by atoms with Crippen LogP contribution >= 0.6 is 11.3 Å². The van der Waals surface area contributed by atoms with Crippen molar-refractivity contribution in [1.29, 1.82) is 0 Å². The molecule has 1 amide bonds. The van der Waals surface area contributed by atoms with Crippen molar-refractivity contribution in [3.05, 3.63) is 70.8 Å². The fraction of sp³-hybridized carbons (Fsp3) is 0.150. The minimum absolute atomic E-state index is 0.107. The molecule has 1 aromatic carbocycles. The van der Waals surface area contributed by atoms with Crippen molar-refractivity contribution in [2.24, 2.45) is 7.05 Å². The smallest absolute Gasteiger partial charge is 0.231 e. The molecule has 1 atom stereocenters. The Labute approximate surface area is 160 Å². The van der Waals surface area contributed by atoms with Gasteiger partial charge in [0.2, 0.25) is 12.3 Å². The second-order valence-corrected chi connectivity index (χ2v) is 6.93. The molecular weight excluding hydrogens is 360 g/mol. The Morgan fingerprint density at radius 3 is 2.78 bits per heavy atom. The fourth-order valence-corrected chi connectivity index (χ4v) is 3.80. The van der Waals surface area contributed by atoms with Crippen LogP contribution in [0.5, 0.6) is 11.6 Å². The number of aryl methyl sites for hydroxylation is 1. The highest BCUT2D eigenvalue weighted by Gasteiger charge is 2.15. The summed E-state index contributed by atoms with van der Waals surface area (Å²) in [5, 5.41) is 7.80. The number of hydrogen-bond donors (Lipinski definition) is 1. The van der Waals surface area contributed by atoms with Crippen LogP contribution in [0.3, 0.4) is 0 Å². The summed E-state index contributed by atoms with van der Waals surface area (Å²) in [6.45, 7) is 0.553. The van der Waals surface area contributed by atoms with E-state index in [9.17, 15) is 4.79 Å². The van der Waals surface area contributed by atoms with Crippen LogP contribution in [-0.4, -0.2) is 27.5 Å². The molecule has 4 rings (SSSR count). The first-order valence-corrected chi connectivity index (χ1v) is 9.43. The molecule has 0 fully saturated rings. The maximum atomic E-state index is 10.7. The summed E-state index contributed by atoms with van der Waals surface area (Å²) >= 11 is 1.65. The van der Waals surface area contributed by atoms with Gasteiger partial charge in [0.15, 0.2) is 0 Å². The van der Waals surface area contributed by atoms with Gasteiger partial charge in [-0.2, -0.15) is 11.3 Å². The molecule has 0 spiro atoms. The lowest BCUT2D eigenvalue weighted by Crippen LogP contribution is -2.20. The van der Waals surface area contributed by atoms with Gasteiger partial charge in [0.25, 0.3) is 0 Å². The minimum atomic E-state index is 0.107.